The van der Waals surface area contributed by atoms with Crippen molar-refractivity contribution in [1.82, 2.24) is 25.0 Å². The number of carbonyl (C=O) groups is 2. The lowest BCUT2D eigenvalue weighted by atomic mass is 9.96. The topological polar surface area (TPSA) is 72.0 Å². The molecule has 3 amide bonds. The van der Waals surface area contributed by atoms with Gasteiger partial charge in [-0.1, -0.05) is 0 Å². The van der Waals surface area contributed by atoms with E-state index in [0.717, 1.165) is 76.3 Å². The number of nitrogens with zero attached hydrogens (tertiary/aromatic N) is 5. The van der Waals surface area contributed by atoms with Crippen LogP contribution in [0.3, 0.4) is 0 Å². The largest absolute Gasteiger partial charge is 0.354 e. The SMILES string of the molecule is CN1CCN(c2cc(CNC(=O)C3CCN(C(=O)N4CCCC4)CC3)ccn2)CC1. The summed E-state index contributed by atoms with van der Waals surface area (Å²) in [4.78, 5) is 38.2. The van der Waals surface area contributed by atoms with Gasteiger partial charge in [-0.2, -0.15) is 0 Å². The summed E-state index contributed by atoms with van der Waals surface area (Å²) in [6.07, 6.45) is 5.53. The molecule has 8 heteroatoms. The minimum atomic E-state index is -0.00781. The van der Waals surface area contributed by atoms with E-state index in [1.807, 2.05) is 22.1 Å². The maximum atomic E-state index is 12.7. The Morgan fingerprint density at radius 3 is 2.37 bits per heavy atom. The Morgan fingerprint density at radius 1 is 1.00 bits per heavy atom. The Bertz CT molecular complexity index is 735. The number of carbonyl (C=O) groups excluding carboxylic acids is 2. The van der Waals surface area contributed by atoms with Crippen molar-refractivity contribution in [3.63, 3.8) is 0 Å². The molecule has 3 saturated heterocycles. The molecule has 30 heavy (non-hydrogen) atoms. The van der Waals surface area contributed by atoms with Gasteiger partial charge in [-0.05, 0) is 50.4 Å². The van der Waals surface area contributed by atoms with Crippen LogP contribution >= 0.6 is 0 Å². The lowest BCUT2D eigenvalue weighted by Crippen LogP contribution is -2.47. The highest BCUT2D eigenvalue weighted by Crippen LogP contribution is 2.21. The third-order valence-corrected chi connectivity index (χ3v) is 6.62. The van der Waals surface area contributed by atoms with E-state index in [-0.39, 0.29) is 17.9 Å². The second kappa shape index (κ2) is 9.64. The molecule has 0 unspecified atom stereocenters. The fraction of sp³-hybridized carbons (Fsp3) is 0.682. The van der Waals surface area contributed by atoms with Gasteiger partial charge >= 0.3 is 6.03 Å². The van der Waals surface area contributed by atoms with Crippen molar-refractivity contribution >= 4 is 17.8 Å². The zero-order chi connectivity index (χ0) is 20.9. The van der Waals surface area contributed by atoms with Crippen molar-refractivity contribution in [1.29, 1.82) is 0 Å². The first kappa shape index (κ1) is 20.9. The number of urea groups is 1. The van der Waals surface area contributed by atoms with Crippen LogP contribution in [0.25, 0.3) is 0 Å². The van der Waals surface area contributed by atoms with Crippen molar-refractivity contribution in [3.8, 4) is 0 Å². The zero-order valence-corrected chi connectivity index (χ0v) is 18.1. The number of likely N-dealkylation sites (tertiary alicyclic amines) is 2. The fourth-order valence-electron chi connectivity index (χ4n) is 4.55. The monoisotopic (exact) mass is 414 g/mol. The van der Waals surface area contributed by atoms with Crippen LogP contribution in [-0.2, 0) is 11.3 Å². The third-order valence-electron chi connectivity index (χ3n) is 6.62. The molecule has 8 nitrogen and oxygen atoms in total. The summed E-state index contributed by atoms with van der Waals surface area (Å²) < 4.78 is 0. The number of hydrogen-bond acceptors (Lipinski definition) is 5. The molecule has 4 rings (SSSR count). The second-order valence-corrected chi connectivity index (χ2v) is 8.77. The average Bonchev–Trinajstić information content (AvgIpc) is 3.33. The number of nitrogens with one attached hydrogen (secondary N) is 1. The number of aromatic nitrogens is 1. The Hall–Kier alpha value is -2.35. The summed E-state index contributed by atoms with van der Waals surface area (Å²) in [6, 6.07) is 4.21. The van der Waals surface area contributed by atoms with E-state index in [1.165, 1.54) is 0 Å². The Balaban J connectivity index is 1.23. The van der Waals surface area contributed by atoms with E-state index in [4.69, 9.17) is 0 Å². The first-order chi connectivity index (χ1) is 14.6. The van der Waals surface area contributed by atoms with Gasteiger partial charge in [-0.25, -0.2) is 9.78 Å². The zero-order valence-electron chi connectivity index (χ0n) is 18.1. The number of hydrogen-bond donors (Lipinski definition) is 1. The standard InChI is InChI=1S/C22H34N6O2/c1-25-12-14-26(15-13-25)20-16-18(4-7-23-20)17-24-21(29)19-5-10-28(11-6-19)22(30)27-8-2-3-9-27/h4,7,16,19H,2-3,5-6,8-15,17H2,1H3,(H,24,29). The first-order valence-electron chi connectivity index (χ1n) is 11.3. The number of pyridine rings is 1. The smallest absolute Gasteiger partial charge is 0.319 e. The molecule has 0 spiro atoms. The Labute approximate surface area is 179 Å². The van der Waals surface area contributed by atoms with Crippen molar-refractivity contribution in [2.45, 2.75) is 32.2 Å². The maximum absolute atomic E-state index is 12.7. The lowest BCUT2D eigenvalue weighted by Gasteiger charge is -2.34. The average molecular weight is 415 g/mol. The summed E-state index contributed by atoms with van der Waals surface area (Å²) in [5.41, 5.74) is 1.08. The van der Waals surface area contributed by atoms with Crippen LogP contribution in [0.15, 0.2) is 18.3 Å². The van der Waals surface area contributed by atoms with Crippen LogP contribution in [0, 0.1) is 5.92 Å². The minimum Gasteiger partial charge on any atom is -0.354 e. The van der Waals surface area contributed by atoms with Gasteiger partial charge in [0.15, 0.2) is 0 Å². The van der Waals surface area contributed by atoms with E-state index in [9.17, 15) is 9.59 Å². The molecule has 0 radical (unpaired) electrons. The molecule has 4 heterocycles. The molecule has 164 valence electrons. The highest BCUT2D eigenvalue weighted by atomic mass is 16.2. The molecule has 3 aliphatic heterocycles. The summed E-state index contributed by atoms with van der Waals surface area (Å²) in [6.45, 7) is 7.68. The van der Waals surface area contributed by atoms with E-state index in [0.29, 0.717) is 19.6 Å². The molecular weight excluding hydrogens is 380 g/mol. The number of piperidine rings is 1. The van der Waals surface area contributed by atoms with Gasteiger partial charge < -0.3 is 24.9 Å². The highest BCUT2D eigenvalue weighted by Gasteiger charge is 2.30. The van der Waals surface area contributed by atoms with Gasteiger partial charge in [0, 0.05) is 71.0 Å². The minimum absolute atomic E-state index is 0.00781. The summed E-state index contributed by atoms with van der Waals surface area (Å²) in [7, 11) is 2.14. The number of amides is 3. The Morgan fingerprint density at radius 2 is 1.67 bits per heavy atom. The predicted molar refractivity (Wildman–Crippen MR) is 116 cm³/mol. The van der Waals surface area contributed by atoms with Gasteiger partial charge in [0.2, 0.25) is 5.91 Å². The van der Waals surface area contributed by atoms with Crippen LogP contribution in [0.4, 0.5) is 10.6 Å². The van der Waals surface area contributed by atoms with Gasteiger partial charge in [-0.15, -0.1) is 0 Å². The molecule has 3 fully saturated rings. The Kier molecular flexibility index (Phi) is 6.72. The quantitative estimate of drug-likeness (QED) is 0.806. The van der Waals surface area contributed by atoms with Crippen LogP contribution in [0.2, 0.25) is 0 Å². The number of anilines is 1. The molecule has 0 aliphatic carbocycles. The van der Waals surface area contributed by atoms with Gasteiger partial charge in [0.1, 0.15) is 5.82 Å². The van der Waals surface area contributed by atoms with Crippen LogP contribution in [0.1, 0.15) is 31.2 Å². The molecular formula is C22H34N6O2. The number of piperazine rings is 1. The van der Waals surface area contributed by atoms with Crippen molar-refractivity contribution in [3.05, 3.63) is 23.9 Å². The van der Waals surface area contributed by atoms with Crippen molar-refractivity contribution in [2.24, 2.45) is 5.92 Å². The third kappa shape index (κ3) is 5.03. The highest BCUT2D eigenvalue weighted by molar-refractivity contribution is 5.79. The van der Waals surface area contributed by atoms with Crippen molar-refractivity contribution in [2.75, 3.05) is 64.3 Å². The fourth-order valence-corrected chi connectivity index (χ4v) is 4.55. The summed E-state index contributed by atoms with van der Waals surface area (Å²) in [5.74, 6) is 1.08. The molecule has 0 bridgehead atoms. The normalized spacial score (nSPS) is 21.2. The lowest BCUT2D eigenvalue weighted by molar-refractivity contribution is -0.126. The van der Waals surface area contributed by atoms with E-state index in [1.54, 1.807) is 0 Å². The second-order valence-electron chi connectivity index (χ2n) is 8.77. The molecule has 0 aromatic carbocycles. The molecule has 1 N–H and O–H groups in total. The van der Waals surface area contributed by atoms with Crippen LogP contribution < -0.4 is 10.2 Å². The van der Waals surface area contributed by atoms with E-state index < -0.39 is 0 Å². The molecule has 3 aliphatic rings. The van der Waals surface area contributed by atoms with E-state index >= 15 is 0 Å². The van der Waals surface area contributed by atoms with Gasteiger partial charge in [0.25, 0.3) is 0 Å². The maximum Gasteiger partial charge on any atom is 0.319 e. The summed E-state index contributed by atoms with van der Waals surface area (Å²) in [5, 5.41) is 3.10. The van der Waals surface area contributed by atoms with Crippen LogP contribution in [-0.4, -0.2) is 91.0 Å². The number of rotatable bonds is 4. The molecule has 0 saturated carbocycles. The number of likely N-dealkylation sites (N-methyl/N-ethyl adjacent to an activating group) is 1. The molecule has 1 aromatic rings. The van der Waals surface area contributed by atoms with E-state index in [2.05, 4.69) is 33.2 Å². The van der Waals surface area contributed by atoms with Crippen LogP contribution in [0.5, 0.6) is 0 Å². The molecule has 0 atom stereocenters. The van der Waals surface area contributed by atoms with Crippen molar-refractivity contribution < 1.29 is 9.59 Å². The van der Waals surface area contributed by atoms with Gasteiger partial charge in [0.05, 0.1) is 0 Å². The molecule has 1 aromatic heterocycles. The first-order valence-corrected chi connectivity index (χ1v) is 11.3. The van der Waals surface area contributed by atoms with Gasteiger partial charge in [-0.3, -0.25) is 4.79 Å². The predicted octanol–water partition coefficient (Wildman–Crippen LogP) is 1.38. The summed E-state index contributed by atoms with van der Waals surface area (Å²) >= 11 is 0.